The molecule has 0 aromatic carbocycles. The molecule has 94 valence electrons. The second kappa shape index (κ2) is 4.34. The Labute approximate surface area is 97.9 Å². The molecule has 1 heterocycles. The molecule has 0 atom stereocenters. The summed E-state index contributed by atoms with van der Waals surface area (Å²) < 4.78 is 5.45. The molecular formula is C12H23NO3. The summed E-state index contributed by atoms with van der Waals surface area (Å²) in [4.78, 5) is 16.5. The van der Waals surface area contributed by atoms with Crippen LogP contribution in [0, 0.1) is 0 Å². The Hall–Kier alpha value is -0.610. The van der Waals surface area contributed by atoms with Crippen LogP contribution in [-0.4, -0.2) is 35.3 Å². The summed E-state index contributed by atoms with van der Waals surface area (Å²) in [6, 6.07) is 0. The summed E-state index contributed by atoms with van der Waals surface area (Å²) >= 11 is 0. The number of carbonyl (C=O) groups is 1. The van der Waals surface area contributed by atoms with Gasteiger partial charge in [0.05, 0.1) is 17.2 Å². The first-order chi connectivity index (χ1) is 7.19. The summed E-state index contributed by atoms with van der Waals surface area (Å²) in [6.45, 7) is 9.73. The van der Waals surface area contributed by atoms with Crippen molar-refractivity contribution in [3.63, 3.8) is 0 Å². The van der Waals surface area contributed by atoms with Gasteiger partial charge in [0, 0.05) is 14.0 Å². The highest BCUT2D eigenvalue weighted by Crippen LogP contribution is 2.39. The average molecular weight is 229 g/mol. The molecule has 1 aliphatic rings. The van der Waals surface area contributed by atoms with Gasteiger partial charge in [0.1, 0.15) is 0 Å². The van der Waals surface area contributed by atoms with Gasteiger partial charge in [-0.05, 0) is 40.5 Å². The van der Waals surface area contributed by atoms with Gasteiger partial charge in [0.15, 0.2) is 0 Å². The van der Waals surface area contributed by atoms with E-state index in [2.05, 4.69) is 27.7 Å². The van der Waals surface area contributed by atoms with Gasteiger partial charge in [-0.3, -0.25) is 4.79 Å². The zero-order valence-electron chi connectivity index (χ0n) is 11.2. The predicted molar refractivity (Wildman–Crippen MR) is 61.8 cm³/mol. The molecule has 0 aromatic heterocycles. The molecule has 4 heteroatoms. The largest absolute Gasteiger partial charge is 0.381 e. The van der Waals surface area contributed by atoms with E-state index < -0.39 is 0 Å². The van der Waals surface area contributed by atoms with Gasteiger partial charge >= 0.3 is 5.97 Å². The third-order valence-corrected chi connectivity index (χ3v) is 3.11. The fraction of sp³-hybridized carbons (Fsp3) is 0.917. The molecule has 0 amide bonds. The lowest BCUT2D eigenvalue weighted by atomic mass is 9.80. The Morgan fingerprint density at radius 2 is 1.62 bits per heavy atom. The van der Waals surface area contributed by atoms with Crippen LogP contribution in [0.1, 0.15) is 47.5 Å². The SMILES string of the molecule is COC1CC(C)(C)N(OC(C)=O)C(C)(C)C1. The Balaban J connectivity index is 2.91. The minimum atomic E-state index is -0.267. The lowest BCUT2D eigenvalue weighted by Gasteiger charge is -2.52. The Morgan fingerprint density at radius 1 is 1.19 bits per heavy atom. The molecular weight excluding hydrogens is 206 g/mol. The second-order valence-corrected chi connectivity index (χ2v) is 5.77. The number of hydrogen-bond donors (Lipinski definition) is 0. The second-order valence-electron chi connectivity index (χ2n) is 5.77. The van der Waals surface area contributed by atoms with Gasteiger partial charge < -0.3 is 9.57 Å². The smallest absolute Gasteiger partial charge is 0.322 e. The standard InChI is InChI=1S/C12H23NO3/c1-9(14)16-13-11(2,3)7-10(15-6)8-12(13,4)5/h10H,7-8H2,1-6H3. The van der Waals surface area contributed by atoms with Crippen LogP contribution in [0.3, 0.4) is 0 Å². The van der Waals surface area contributed by atoms with Gasteiger partial charge in [0.2, 0.25) is 0 Å². The number of piperidine rings is 1. The van der Waals surface area contributed by atoms with Crippen LogP contribution >= 0.6 is 0 Å². The topological polar surface area (TPSA) is 38.8 Å². The maximum atomic E-state index is 11.1. The summed E-state index contributed by atoms with van der Waals surface area (Å²) in [5.74, 6) is -0.267. The number of carbonyl (C=O) groups excluding carboxylic acids is 1. The van der Waals surface area contributed by atoms with Crippen LogP contribution in [0.2, 0.25) is 0 Å². The quantitative estimate of drug-likeness (QED) is 0.727. The van der Waals surface area contributed by atoms with E-state index in [1.54, 1.807) is 7.11 Å². The van der Waals surface area contributed by atoms with Crippen LogP contribution in [0.15, 0.2) is 0 Å². The van der Waals surface area contributed by atoms with Crippen LogP contribution in [0.25, 0.3) is 0 Å². The van der Waals surface area contributed by atoms with Crippen LogP contribution in [-0.2, 0) is 14.4 Å². The maximum absolute atomic E-state index is 11.1. The molecule has 0 aliphatic carbocycles. The summed E-state index contributed by atoms with van der Waals surface area (Å²) in [6.07, 6.45) is 1.94. The van der Waals surface area contributed by atoms with Crippen LogP contribution in [0.4, 0.5) is 0 Å². The van der Waals surface area contributed by atoms with Crippen molar-refractivity contribution in [1.29, 1.82) is 0 Å². The number of nitrogens with zero attached hydrogens (tertiary/aromatic N) is 1. The lowest BCUT2D eigenvalue weighted by molar-refractivity contribution is -0.276. The number of ether oxygens (including phenoxy) is 1. The highest BCUT2D eigenvalue weighted by atomic mass is 16.7. The van der Waals surface area contributed by atoms with E-state index >= 15 is 0 Å². The van der Waals surface area contributed by atoms with E-state index in [4.69, 9.17) is 9.57 Å². The van der Waals surface area contributed by atoms with Crippen molar-refractivity contribution in [1.82, 2.24) is 5.06 Å². The first-order valence-electron chi connectivity index (χ1n) is 5.71. The molecule has 0 aromatic rings. The van der Waals surface area contributed by atoms with E-state index in [9.17, 15) is 4.79 Å². The van der Waals surface area contributed by atoms with Crippen molar-refractivity contribution in [2.45, 2.75) is 64.6 Å². The fourth-order valence-electron chi connectivity index (χ4n) is 2.71. The molecule has 4 nitrogen and oxygen atoms in total. The van der Waals surface area contributed by atoms with Gasteiger partial charge in [-0.1, -0.05) is 0 Å². The molecule has 0 radical (unpaired) electrons. The van der Waals surface area contributed by atoms with E-state index in [1.807, 2.05) is 5.06 Å². The monoisotopic (exact) mass is 229 g/mol. The van der Waals surface area contributed by atoms with E-state index in [0.717, 1.165) is 12.8 Å². The Kier molecular flexibility index (Phi) is 3.65. The molecule has 0 N–H and O–H groups in total. The fourth-order valence-corrected chi connectivity index (χ4v) is 2.71. The van der Waals surface area contributed by atoms with Crippen LogP contribution in [0.5, 0.6) is 0 Å². The third kappa shape index (κ3) is 2.74. The molecule has 1 saturated heterocycles. The summed E-state index contributed by atoms with van der Waals surface area (Å²) in [5.41, 5.74) is -0.401. The number of hydrogen-bond acceptors (Lipinski definition) is 4. The highest BCUT2D eigenvalue weighted by molar-refractivity contribution is 5.65. The van der Waals surface area contributed by atoms with Gasteiger partial charge in [-0.2, -0.15) is 0 Å². The van der Waals surface area contributed by atoms with Crippen molar-refractivity contribution in [3.8, 4) is 0 Å². The normalized spacial score (nSPS) is 25.4. The number of rotatable bonds is 2. The minimum Gasteiger partial charge on any atom is -0.381 e. The van der Waals surface area contributed by atoms with Gasteiger partial charge in [-0.25, -0.2) is 0 Å². The molecule has 16 heavy (non-hydrogen) atoms. The van der Waals surface area contributed by atoms with Crippen molar-refractivity contribution in [2.75, 3.05) is 7.11 Å². The van der Waals surface area contributed by atoms with Crippen LogP contribution < -0.4 is 0 Å². The minimum absolute atomic E-state index is 0.200. The number of methoxy groups -OCH3 is 1. The molecule has 1 fully saturated rings. The lowest BCUT2D eigenvalue weighted by Crippen LogP contribution is -2.62. The summed E-state index contributed by atoms with van der Waals surface area (Å²) in [5, 5.41) is 1.82. The Morgan fingerprint density at radius 3 is 1.94 bits per heavy atom. The molecule has 1 rings (SSSR count). The van der Waals surface area contributed by atoms with E-state index in [-0.39, 0.29) is 23.2 Å². The first kappa shape index (κ1) is 13.5. The zero-order valence-corrected chi connectivity index (χ0v) is 11.2. The predicted octanol–water partition coefficient (Wildman–Crippen LogP) is 2.13. The zero-order chi connectivity index (χ0) is 12.6. The maximum Gasteiger partial charge on any atom is 0.322 e. The van der Waals surface area contributed by atoms with E-state index in [0.29, 0.717) is 0 Å². The van der Waals surface area contributed by atoms with Crippen molar-refractivity contribution < 1.29 is 14.4 Å². The Bertz CT molecular complexity index is 255. The molecule has 0 bridgehead atoms. The molecule has 1 aliphatic heterocycles. The highest BCUT2D eigenvalue weighted by Gasteiger charge is 2.47. The van der Waals surface area contributed by atoms with Gasteiger partial charge in [0.25, 0.3) is 0 Å². The molecule has 0 spiro atoms. The van der Waals surface area contributed by atoms with Crippen molar-refractivity contribution >= 4 is 5.97 Å². The van der Waals surface area contributed by atoms with Gasteiger partial charge in [-0.15, -0.1) is 5.06 Å². The van der Waals surface area contributed by atoms with Crippen molar-refractivity contribution in [2.24, 2.45) is 0 Å². The first-order valence-corrected chi connectivity index (χ1v) is 5.71. The number of hydroxylamine groups is 2. The average Bonchev–Trinajstić information content (AvgIpc) is 2.10. The van der Waals surface area contributed by atoms with Crippen molar-refractivity contribution in [3.05, 3.63) is 0 Å². The van der Waals surface area contributed by atoms with E-state index in [1.165, 1.54) is 6.92 Å². The molecule has 0 unspecified atom stereocenters. The molecule has 0 saturated carbocycles. The third-order valence-electron chi connectivity index (χ3n) is 3.11. The summed E-state index contributed by atoms with van der Waals surface area (Å²) in [7, 11) is 1.73.